The number of benzene rings is 1. The predicted octanol–water partition coefficient (Wildman–Crippen LogP) is 2.64. The molecule has 132 valence electrons. The Bertz CT molecular complexity index is 946. The van der Waals surface area contributed by atoms with Crippen LogP contribution in [0.15, 0.2) is 54.7 Å². The molecule has 8 heteroatoms. The molecule has 0 aliphatic heterocycles. The van der Waals surface area contributed by atoms with E-state index in [1.54, 1.807) is 36.0 Å². The highest BCUT2D eigenvalue weighted by atomic mass is 35.5. The second-order valence-electron chi connectivity index (χ2n) is 5.40. The van der Waals surface area contributed by atoms with Gasteiger partial charge in [-0.2, -0.15) is 5.10 Å². The minimum atomic E-state index is -0.493. The molecular formula is C18H16ClN5O2. The van der Waals surface area contributed by atoms with Crippen LogP contribution in [0.5, 0.6) is 0 Å². The van der Waals surface area contributed by atoms with Crippen LogP contribution in [-0.2, 0) is 4.79 Å². The second kappa shape index (κ2) is 7.71. The number of nitrogens with zero attached hydrogens (tertiary/aromatic N) is 2. The summed E-state index contributed by atoms with van der Waals surface area (Å²) in [5.74, 6) is -0.935. The molecule has 0 spiro atoms. The lowest BCUT2D eigenvalue weighted by Gasteiger charge is -2.03. The number of aromatic amines is 1. The van der Waals surface area contributed by atoms with Gasteiger partial charge in [0.1, 0.15) is 10.8 Å². The van der Waals surface area contributed by atoms with Gasteiger partial charge in [0.2, 0.25) is 0 Å². The van der Waals surface area contributed by atoms with Gasteiger partial charge in [-0.3, -0.25) is 20.4 Å². The molecule has 3 rings (SSSR count). The zero-order valence-electron chi connectivity index (χ0n) is 13.9. The molecule has 2 heterocycles. The summed E-state index contributed by atoms with van der Waals surface area (Å²) >= 11 is 6.39. The number of aryl methyl sites for hydroxylation is 1. The number of halogens is 1. The molecule has 0 aliphatic rings. The van der Waals surface area contributed by atoms with Crippen LogP contribution in [0.3, 0.4) is 0 Å². The van der Waals surface area contributed by atoms with Crippen molar-refractivity contribution in [3.8, 4) is 5.69 Å². The number of rotatable bonds is 4. The maximum Gasteiger partial charge on any atom is 0.286 e. The zero-order chi connectivity index (χ0) is 18.5. The maximum absolute atomic E-state index is 11.9. The molecule has 3 aromatic rings. The Morgan fingerprint density at radius 1 is 1.15 bits per heavy atom. The minimum absolute atomic E-state index is 0.345. The van der Waals surface area contributed by atoms with Gasteiger partial charge < -0.3 is 4.98 Å². The predicted molar refractivity (Wildman–Crippen MR) is 98.7 cm³/mol. The van der Waals surface area contributed by atoms with Gasteiger partial charge in [-0.05, 0) is 37.3 Å². The number of hydrogen-bond acceptors (Lipinski definition) is 3. The Kier molecular flexibility index (Phi) is 5.19. The molecule has 7 nitrogen and oxygen atoms in total. The molecule has 0 bridgehead atoms. The van der Waals surface area contributed by atoms with E-state index >= 15 is 0 Å². The lowest BCUT2D eigenvalue weighted by atomic mass is 10.2. The van der Waals surface area contributed by atoms with E-state index in [2.05, 4.69) is 20.9 Å². The number of hydrazine groups is 1. The smallest absolute Gasteiger partial charge is 0.286 e. The minimum Gasteiger partial charge on any atom is -0.357 e. The van der Waals surface area contributed by atoms with Crippen molar-refractivity contribution in [2.45, 2.75) is 6.92 Å². The molecule has 26 heavy (non-hydrogen) atoms. The third-order valence-corrected chi connectivity index (χ3v) is 3.96. The summed E-state index contributed by atoms with van der Waals surface area (Å²) in [5.41, 5.74) is 7.08. The van der Waals surface area contributed by atoms with E-state index in [0.717, 1.165) is 5.69 Å². The first-order valence-electron chi connectivity index (χ1n) is 7.78. The topological polar surface area (TPSA) is 91.8 Å². The summed E-state index contributed by atoms with van der Waals surface area (Å²) in [6, 6.07) is 12.7. The molecule has 0 atom stereocenters. The van der Waals surface area contributed by atoms with Crippen LogP contribution in [0, 0.1) is 6.92 Å². The zero-order valence-corrected chi connectivity index (χ0v) is 14.6. The first kappa shape index (κ1) is 17.5. The molecule has 1 aromatic carbocycles. The van der Waals surface area contributed by atoms with Crippen molar-refractivity contribution in [3.63, 3.8) is 0 Å². The first-order chi connectivity index (χ1) is 12.6. The summed E-state index contributed by atoms with van der Waals surface area (Å²) in [6.07, 6.45) is 4.45. The van der Waals surface area contributed by atoms with Crippen LogP contribution < -0.4 is 10.9 Å². The van der Waals surface area contributed by atoms with Gasteiger partial charge in [0, 0.05) is 17.8 Å². The number of amides is 2. The Labute approximate surface area is 154 Å². The monoisotopic (exact) mass is 369 g/mol. The Hall–Kier alpha value is -3.32. The average molecular weight is 370 g/mol. The maximum atomic E-state index is 11.9. The molecule has 0 saturated carbocycles. The molecule has 0 aliphatic carbocycles. The lowest BCUT2D eigenvalue weighted by Crippen LogP contribution is -2.40. The number of hydrogen-bond donors (Lipinski definition) is 3. The van der Waals surface area contributed by atoms with Crippen molar-refractivity contribution in [3.05, 3.63) is 76.8 Å². The van der Waals surface area contributed by atoms with E-state index in [9.17, 15) is 9.59 Å². The molecule has 0 unspecified atom stereocenters. The van der Waals surface area contributed by atoms with Crippen LogP contribution in [0.25, 0.3) is 11.8 Å². The molecular weight excluding hydrogens is 354 g/mol. The van der Waals surface area contributed by atoms with Gasteiger partial charge in [0.05, 0.1) is 11.4 Å². The van der Waals surface area contributed by atoms with Gasteiger partial charge in [-0.1, -0.05) is 29.8 Å². The highest BCUT2D eigenvalue weighted by Crippen LogP contribution is 2.24. The van der Waals surface area contributed by atoms with E-state index in [4.69, 9.17) is 11.6 Å². The first-order valence-corrected chi connectivity index (χ1v) is 8.16. The van der Waals surface area contributed by atoms with Crippen molar-refractivity contribution >= 4 is 29.5 Å². The summed E-state index contributed by atoms with van der Waals surface area (Å²) in [6.45, 7) is 1.80. The fraction of sp³-hybridized carbons (Fsp3) is 0.0556. The molecule has 0 saturated heterocycles. The number of carbonyl (C=O) groups is 2. The molecule has 2 aromatic heterocycles. The van der Waals surface area contributed by atoms with Crippen LogP contribution in [0.1, 0.15) is 21.7 Å². The Morgan fingerprint density at radius 3 is 2.62 bits per heavy atom. The van der Waals surface area contributed by atoms with Crippen LogP contribution >= 0.6 is 11.6 Å². The number of H-pyrrole nitrogens is 1. The summed E-state index contributed by atoms with van der Waals surface area (Å²) in [7, 11) is 0. The van der Waals surface area contributed by atoms with Gasteiger partial charge in [0.25, 0.3) is 11.8 Å². The lowest BCUT2D eigenvalue weighted by molar-refractivity contribution is -0.117. The second-order valence-corrected chi connectivity index (χ2v) is 5.76. The summed E-state index contributed by atoms with van der Waals surface area (Å²) in [5, 5.41) is 4.79. The van der Waals surface area contributed by atoms with Crippen LogP contribution in [-0.4, -0.2) is 26.6 Å². The standard InChI is InChI=1S/C18H16ClN5O2/c1-12-14(17(19)24(23-12)13-6-3-2-4-7-13)9-10-16(25)21-22-18(26)15-8-5-11-20-15/h2-11,20H,1H3,(H,21,25)(H,22,26). The molecule has 3 N–H and O–H groups in total. The Morgan fingerprint density at radius 2 is 1.92 bits per heavy atom. The largest absolute Gasteiger partial charge is 0.357 e. The average Bonchev–Trinajstić information content (AvgIpc) is 3.28. The number of aromatic nitrogens is 3. The van der Waals surface area contributed by atoms with E-state index in [0.29, 0.717) is 22.1 Å². The highest BCUT2D eigenvalue weighted by molar-refractivity contribution is 6.31. The van der Waals surface area contributed by atoms with Gasteiger partial charge in [-0.15, -0.1) is 0 Å². The van der Waals surface area contributed by atoms with Crippen LogP contribution in [0.2, 0.25) is 5.15 Å². The third-order valence-electron chi connectivity index (χ3n) is 3.59. The van der Waals surface area contributed by atoms with Gasteiger partial charge >= 0.3 is 0 Å². The van der Waals surface area contributed by atoms with Crippen LogP contribution in [0.4, 0.5) is 0 Å². The van der Waals surface area contributed by atoms with E-state index in [1.807, 2.05) is 30.3 Å². The normalized spacial score (nSPS) is 10.8. The summed E-state index contributed by atoms with van der Waals surface area (Å²) < 4.78 is 1.60. The fourth-order valence-electron chi connectivity index (χ4n) is 2.30. The van der Waals surface area contributed by atoms with Crippen molar-refractivity contribution in [1.29, 1.82) is 0 Å². The number of nitrogens with one attached hydrogen (secondary N) is 3. The van der Waals surface area contributed by atoms with Gasteiger partial charge in [0.15, 0.2) is 0 Å². The quantitative estimate of drug-likeness (QED) is 0.487. The number of carbonyl (C=O) groups excluding carboxylic acids is 2. The van der Waals surface area contributed by atoms with E-state index in [1.165, 1.54) is 6.08 Å². The molecule has 2 amide bonds. The highest BCUT2D eigenvalue weighted by Gasteiger charge is 2.13. The third kappa shape index (κ3) is 3.84. The fourth-order valence-corrected chi connectivity index (χ4v) is 2.63. The Balaban J connectivity index is 1.67. The van der Waals surface area contributed by atoms with Crippen molar-refractivity contribution in [2.24, 2.45) is 0 Å². The van der Waals surface area contributed by atoms with Crippen molar-refractivity contribution < 1.29 is 9.59 Å². The van der Waals surface area contributed by atoms with Crippen molar-refractivity contribution in [1.82, 2.24) is 25.6 Å². The number of para-hydroxylation sites is 1. The molecule has 0 fully saturated rings. The van der Waals surface area contributed by atoms with E-state index < -0.39 is 11.8 Å². The van der Waals surface area contributed by atoms with E-state index in [-0.39, 0.29) is 0 Å². The summed E-state index contributed by atoms with van der Waals surface area (Å²) in [4.78, 5) is 26.4. The van der Waals surface area contributed by atoms with Gasteiger partial charge in [-0.25, -0.2) is 4.68 Å². The van der Waals surface area contributed by atoms with Crippen molar-refractivity contribution in [2.75, 3.05) is 0 Å². The SMILES string of the molecule is Cc1nn(-c2ccccc2)c(Cl)c1C=CC(=O)NNC(=O)c1ccc[nH]1. The molecule has 0 radical (unpaired) electrons.